The smallest absolute Gasteiger partial charge is 0.224 e. The molecule has 32 heavy (non-hydrogen) atoms. The number of rotatable bonds is 5. The maximum Gasteiger partial charge on any atom is 0.224 e. The average Bonchev–Trinajstić information content (AvgIpc) is 3.08. The van der Waals surface area contributed by atoms with Crippen molar-refractivity contribution in [2.45, 2.75) is 103 Å². The molecule has 1 atom stereocenters. The minimum atomic E-state index is -0.206. The maximum atomic E-state index is 5.64. The van der Waals surface area contributed by atoms with Crippen molar-refractivity contribution in [3.63, 3.8) is 0 Å². The van der Waals surface area contributed by atoms with Gasteiger partial charge in [-0.3, -0.25) is 4.90 Å². The van der Waals surface area contributed by atoms with Gasteiger partial charge in [-0.25, -0.2) is 4.98 Å². The van der Waals surface area contributed by atoms with E-state index in [9.17, 15) is 0 Å². The molecule has 2 saturated heterocycles. The van der Waals surface area contributed by atoms with Gasteiger partial charge in [-0.1, -0.05) is 18.0 Å². The molecular formula is C25H42N6O. The molecule has 4 rings (SSSR count). The summed E-state index contributed by atoms with van der Waals surface area (Å²) in [6.45, 7) is 10.7. The van der Waals surface area contributed by atoms with Gasteiger partial charge in [-0.15, -0.1) is 0 Å². The van der Waals surface area contributed by atoms with Crippen LogP contribution >= 0.6 is 0 Å². The molecule has 3 fully saturated rings. The van der Waals surface area contributed by atoms with Gasteiger partial charge in [0.25, 0.3) is 0 Å². The maximum absolute atomic E-state index is 5.64. The Morgan fingerprint density at radius 3 is 2.47 bits per heavy atom. The summed E-state index contributed by atoms with van der Waals surface area (Å²) in [4.78, 5) is 20.2. The van der Waals surface area contributed by atoms with Crippen LogP contribution in [0.1, 0.15) is 85.0 Å². The summed E-state index contributed by atoms with van der Waals surface area (Å²) < 4.78 is 0. The third-order valence-electron chi connectivity index (χ3n) is 6.85. The summed E-state index contributed by atoms with van der Waals surface area (Å²) in [5, 5.41) is 8.08. The van der Waals surface area contributed by atoms with Crippen molar-refractivity contribution >= 4 is 17.5 Å². The standard InChI is InChI=1S/C25H42N6O/c1-25(2,3)32-29-20-10-12-22(13-11-20)31-18-8-9-21(19-31)27-24-26-15-14-23(28-24)30-16-6-4-5-7-17-30/h14-15,21-22H,4-13,16-19H2,1-3H3,(H,26,27,28). The molecule has 1 aromatic rings. The second-order valence-corrected chi connectivity index (χ2v) is 10.7. The lowest BCUT2D eigenvalue weighted by Gasteiger charge is -2.40. The molecule has 0 spiro atoms. The summed E-state index contributed by atoms with van der Waals surface area (Å²) in [5.74, 6) is 1.87. The summed E-state index contributed by atoms with van der Waals surface area (Å²) in [7, 11) is 0. The van der Waals surface area contributed by atoms with Crippen LogP contribution < -0.4 is 10.2 Å². The van der Waals surface area contributed by atoms with Crippen molar-refractivity contribution in [1.29, 1.82) is 0 Å². The van der Waals surface area contributed by atoms with Crippen molar-refractivity contribution < 1.29 is 4.84 Å². The van der Waals surface area contributed by atoms with Gasteiger partial charge in [0.15, 0.2) is 0 Å². The fourth-order valence-corrected chi connectivity index (χ4v) is 5.13. The van der Waals surface area contributed by atoms with E-state index in [1.54, 1.807) is 0 Å². The van der Waals surface area contributed by atoms with Crippen molar-refractivity contribution in [2.75, 3.05) is 36.4 Å². The molecule has 7 nitrogen and oxygen atoms in total. The first-order valence-electron chi connectivity index (χ1n) is 12.8. The number of anilines is 2. The zero-order valence-electron chi connectivity index (χ0n) is 20.4. The molecule has 1 aliphatic carbocycles. The second-order valence-electron chi connectivity index (χ2n) is 10.7. The lowest BCUT2D eigenvalue weighted by Crippen LogP contribution is -2.48. The lowest BCUT2D eigenvalue weighted by molar-refractivity contribution is -0.000412. The van der Waals surface area contributed by atoms with Crippen LogP contribution in [-0.4, -0.2) is 64.4 Å². The van der Waals surface area contributed by atoms with Gasteiger partial charge in [0.2, 0.25) is 5.95 Å². The van der Waals surface area contributed by atoms with E-state index in [0.29, 0.717) is 12.1 Å². The van der Waals surface area contributed by atoms with Crippen LogP contribution in [-0.2, 0) is 4.84 Å². The molecule has 0 amide bonds. The zero-order valence-corrected chi connectivity index (χ0v) is 20.4. The van der Waals surface area contributed by atoms with E-state index < -0.39 is 0 Å². The second kappa shape index (κ2) is 10.8. The number of hydrogen-bond donors (Lipinski definition) is 1. The van der Waals surface area contributed by atoms with Crippen LogP contribution in [0.5, 0.6) is 0 Å². The SMILES string of the molecule is CC(C)(C)ON=C1CCC(N2CCCC(Nc3nccc(N4CCCCCC4)n3)C2)CC1. The van der Waals surface area contributed by atoms with Gasteiger partial charge in [0.05, 0.1) is 5.71 Å². The van der Waals surface area contributed by atoms with Crippen molar-refractivity contribution in [3.05, 3.63) is 12.3 Å². The Bertz CT molecular complexity index is 743. The Balaban J connectivity index is 1.29. The number of aromatic nitrogens is 2. The Hall–Kier alpha value is -1.89. The first kappa shape index (κ1) is 23.3. The van der Waals surface area contributed by atoms with E-state index in [1.807, 2.05) is 6.20 Å². The van der Waals surface area contributed by atoms with E-state index in [1.165, 1.54) is 63.6 Å². The normalized spacial score (nSPS) is 25.8. The average molecular weight is 443 g/mol. The van der Waals surface area contributed by atoms with E-state index >= 15 is 0 Å². The highest BCUT2D eigenvalue weighted by Gasteiger charge is 2.29. The summed E-state index contributed by atoms with van der Waals surface area (Å²) in [6, 6.07) is 3.13. The molecule has 178 valence electrons. The van der Waals surface area contributed by atoms with Gasteiger partial charge in [0, 0.05) is 37.9 Å². The molecule has 1 unspecified atom stereocenters. The number of likely N-dealkylation sites (tertiary alicyclic amines) is 1. The van der Waals surface area contributed by atoms with Crippen molar-refractivity contribution in [2.24, 2.45) is 5.16 Å². The molecule has 1 aromatic heterocycles. The van der Waals surface area contributed by atoms with Crippen LogP contribution in [0.2, 0.25) is 0 Å². The molecule has 2 aliphatic heterocycles. The molecule has 0 bridgehead atoms. The summed E-state index contributed by atoms with van der Waals surface area (Å²) in [5.41, 5.74) is 1.02. The molecule has 0 aromatic carbocycles. The van der Waals surface area contributed by atoms with Crippen LogP contribution in [0.4, 0.5) is 11.8 Å². The van der Waals surface area contributed by atoms with Gasteiger partial charge in [-0.05, 0) is 84.7 Å². The number of nitrogens with one attached hydrogen (secondary N) is 1. The van der Waals surface area contributed by atoms with E-state index in [-0.39, 0.29) is 5.60 Å². The first-order chi connectivity index (χ1) is 15.5. The molecular weight excluding hydrogens is 400 g/mol. The number of hydrogen-bond acceptors (Lipinski definition) is 7. The predicted octanol–water partition coefficient (Wildman–Crippen LogP) is 4.85. The highest BCUT2D eigenvalue weighted by Crippen LogP contribution is 2.26. The topological polar surface area (TPSA) is 65.9 Å². The largest absolute Gasteiger partial charge is 0.390 e. The monoisotopic (exact) mass is 442 g/mol. The Morgan fingerprint density at radius 1 is 1.00 bits per heavy atom. The minimum absolute atomic E-state index is 0.206. The van der Waals surface area contributed by atoms with Gasteiger partial charge < -0.3 is 15.1 Å². The molecule has 3 aliphatic rings. The zero-order chi connectivity index (χ0) is 22.4. The van der Waals surface area contributed by atoms with E-state index in [2.05, 4.69) is 52.1 Å². The van der Waals surface area contributed by atoms with Gasteiger partial charge in [-0.2, -0.15) is 4.98 Å². The number of oxime groups is 1. The van der Waals surface area contributed by atoms with Gasteiger partial charge in [0.1, 0.15) is 11.4 Å². The van der Waals surface area contributed by atoms with Crippen LogP contribution in [0.25, 0.3) is 0 Å². The highest BCUT2D eigenvalue weighted by molar-refractivity contribution is 5.84. The van der Waals surface area contributed by atoms with Gasteiger partial charge >= 0.3 is 0 Å². The Labute approximate surface area is 194 Å². The molecule has 3 heterocycles. The van der Waals surface area contributed by atoms with Crippen LogP contribution in [0.15, 0.2) is 17.4 Å². The third-order valence-corrected chi connectivity index (χ3v) is 6.85. The number of nitrogens with zero attached hydrogens (tertiary/aromatic N) is 5. The molecule has 1 N–H and O–H groups in total. The van der Waals surface area contributed by atoms with Crippen molar-refractivity contribution in [1.82, 2.24) is 14.9 Å². The number of piperidine rings is 1. The summed E-state index contributed by atoms with van der Waals surface area (Å²) in [6.07, 6.45) is 14.0. The summed E-state index contributed by atoms with van der Waals surface area (Å²) >= 11 is 0. The molecule has 7 heteroatoms. The van der Waals surface area contributed by atoms with E-state index in [0.717, 1.165) is 44.2 Å². The Kier molecular flexibility index (Phi) is 7.87. The molecule has 1 saturated carbocycles. The van der Waals surface area contributed by atoms with Crippen LogP contribution in [0.3, 0.4) is 0 Å². The first-order valence-corrected chi connectivity index (χ1v) is 12.8. The quantitative estimate of drug-likeness (QED) is 0.658. The van der Waals surface area contributed by atoms with E-state index in [4.69, 9.17) is 9.82 Å². The molecule has 0 radical (unpaired) electrons. The Morgan fingerprint density at radius 2 is 1.75 bits per heavy atom. The fraction of sp³-hybridized carbons (Fsp3) is 0.800. The van der Waals surface area contributed by atoms with Crippen molar-refractivity contribution in [3.8, 4) is 0 Å². The highest BCUT2D eigenvalue weighted by atomic mass is 16.6. The third kappa shape index (κ3) is 6.80. The van der Waals surface area contributed by atoms with Crippen LogP contribution in [0, 0.1) is 0 Å². The minimum Gasteiger partial charge on any atom is -0.390 e. The predicted molar refractivity (Wildman–Crippen MR) is 131 cm³/mol. The fourth-order valence-electron chi connectivity index (χ4n) is 5.13. The lowest BCUT2D eigenvalue weighted by atomic mass is 9.90.